The number of anilines is 1. The number of carbonyl (C=O) groups is 2. The van der Waals surface area contributed by atoms with E-state index in [1.165, 1.54) is 18.2 Å². The summed E-state index contributed by atoms with van der Waals surface area (Å²) in [5.74, 6) is -3.28. The molecule has 26 heavy (non-hydrogen) atoms. The fourth-order valence-corrected chi connectivity index (χ4v) is 2.48. The van der Waals surface area contributed by atoms with Crippen molar-refractivity contribution in [3.8, 4) is 6.07 Å². The van der Waals surface area contributed by atoms with E-state index in [0.717, 1.165) is 24.3 Å². The minimum absolute atomic E-state index is 0.0453. The summed E-state index contributed by atoms with van der Waals surface area (Å²) in [4.78, 5) is 24.7. The van der Waals surface area contributed by atoms with Gasteiger partial charge in [0.2, 0.25) is 5.91 Å². The van der Waals surface area contributed by atoms with Crippen LogP contribution in [0.5, 0.6) is 0 Å². The quantitative estimate of drug-likeness (QED) is 0.621. The van der Waals surface area contributed by atoms with Crippen molar-refractivity contribution in [3.05, 3.63) is 64.2 Å². The first kappa shape index (κ1) is 19.5. The van der Waals surface area contributed by atoms with E-state index < -0.39 is 29.3 Å². The minimum Gasteiger partial charge on any atom is -0.325 e. The average molecular weight is 381 g/mol. The first-order valence-electron chi connectivity index (χ1n) is 7.31. The lowest BCUT2D eigenvalue weighted by Crippen LogP contribution is -2.29. The van der Waals surface area contributed by atoms with Crippen LogP contribution in [0.1, 0.15) is 21.5 Å². The van der Waals surface area contributed by atoms with Gasteiger partial charge in [-0.2, -0.15) is 18.4 Å². The Morgan fingerprint density at radius 2 is 1.77 bits per heavy atom. The van der Waals surface area contributed by atoms with E-state index in [9.17, 15) is 28.0 Å². The van der Waals surface area contributed by atoms with Crippen molar-refractivity contribution in [2.24, 2.45) is 5.92 Å². The lowest BCUT2D eigenvalue weighted by atomic mass is 9.94. The summed E-state index contributed by atoms with van der Waals surface area (Å²) in [7, 11) is 0. The minimum atomic E-state index is -4.50. The van der Waals surface area contributed by atoms with Crippen LogP contribution in [0.25, 0.3) is 0 Å². The predicted molar refractivity (Wildman–Crippen MR) is 89.7 cm³/mol. The van der Waals surface area contributed by atoms with Crippen LogP contribution < -0.4 is 5.32 Å². The highest BCUT2D eigenvalue weighted by atomic mass is 35.5. The Morgan fingerprint density at radius 1 is 1.15 bits per heavy atom. The van der Waals surface area contributed by atoms with Gasteiger partial charge in [0.05, 0.1) is 11.6 Å². The number of aryl methyl sites for hydroxylation is 1. The monoisotopic (exact) mass is 380 g/mol. The summed E-state index contributed by atoms with van der Waals surface area (Å²) in [5.41, 5.74) is -0.155. The predicted octanol–water partition coefficient (Wildman–Crippen LogP) is 4.63. The fourth-order valence-electron chi connectivity index (χ4n) is 2.25. The molecule has 0 bridgehead atoms. The summed E-state index contributed by atoms with van der Waals surface area (Å²) < 4.78 is 37.6. The maximum Gasteiger partial charge on any atom is 0.416 e. The maximum atomic E-state index is 12.5. The number of hydrogen-bond acceptors (Lipinski definition) is 3. The zero-order valence-electron chi connectivity index (χ0n) is 13.4. The molecular weight excluding hydrogens is 369 g/mol. The molecule has 134 valence electrons. The van der Waals surface area contributed by atoms with Gasteiger partial charge in [-0.3, -0.25) is 9.59 Å². The maximum absolute atomic E-state index is 12.5. The molecule has 0 radical (unpaired) electrons. The number of benzene rings is 2. The molecule has 2 aromatic carbocycles. The van der Waals surface area contributed by atoms with E-state index in [1.54, 1.807) is 13.0 Å². The zero-order valence-corrected chi connectivity index (χ0v) is 14.2. The van der Waals surface area contributed by atoms with Crippen molar-refractivity contribution in [1.29, 1.82) is 5.26 Å². The first-order valence-corrected chi connectivity index (χ1v) is 7.69. The van der Waals surface area contributed by atoms with Gasteiger partial charge in [-0.15, -0.1) is 0 Å². The van der Waals surface area contributed by atoms with Crippen LogP contribution in [0, 0.1) is 24.2 Å². The van der Waals surface area contributed by atoms with E-state index in [-0.39, 0.29) is 11.3 Å². The molecule has 1 atom stereocenters. The Morgan fingerprint density at radius 3 is 2.27 bits per heavy atom. The van der Waals surface area contributed by atoms with Gasteiger partial charge in [-0.1, -0.05) is 11.6 Å². The second-order valence-corrected chi connectivity index (χ2v) is 5.89. The van der Waals surface area contributed by atoms with Gasteiger partial charge in [-0.05, 0) is 55.0 Å². The molecule has 0 aliphatic rings. The highest BCUT2D eigenvalue weighted by molar-refractivity contribution is 6.30. The molecule has 0 aliphatic heterocycles. The molecule has 0 heterocycles. The van der Waals surface area contributed by atoms with Gasteiger partial charge in [-0.25, -0.2) is 0 Å². The number of nitrogens with zero attached hydrogens (tertiary/aromatic N) is 1. The molecular formula is C18H12ClF3N2O2. The lowest BCUT2D eigenvalue weighted by molar-refractivity contribution is -0.137. The largest absolute Gasteiger partial charge is 0.416 e. The number of nitriles is 1. The molecule has 2 rings (SSSR count). The second kappa shape index (κ2) is 7.58. The van der Waals surface area contributed by atoms with Crippen LogP contribution in [0.3, 0.4) is 0 Å². The van der Waals surface area contributed by atoms with E-state index in [0.29, 0.717) is 10.6 Å². The van der Waals surface area contributed by atoms with Gasteiger partial charge >= 0.3 is 6.18 Å². The molecule has 0 aromatic heterocycles. The third kappa shape index (κ3) is 4.41. The standard InChI is InChI=1S/C18H12ClF3N2O2/c1-10-8-12(19)4-7-14(10)16(25)15(9-23)17(26)24-13-5-2-11(3-6-13)18(20,21)22/h2-8,15H,1H3,(H,24,26). The Kier molecular flexibility index (Phi) is 5.68. The third-order valence-electron chi connectivity index (χ3n) is 3.59. The Bertz CT molecular complexity index is 887. The molecule has 0 aliphatic carbocycles. The number of ketones is 1. The molecule has 0 saturated heterocycles. The Balaban J connectivity index is 2.18. The van der Waals surface area contributed by atoms with E-state index >= 15 is 0 Å². The molecule has 0 spiro atoms. The number of carbonyl (C=O) groups excluding carboxylic acids is 2. The second-order valence-electron chi connectivity index (χ2n) is 5.45. The van der Waals surface area contributed by atoms with Crippen LogP contribution in [0.4, 0.5) is 18.9 Å². The third-order valence-corrected chi connectivity index (χ3v) is 3.82. The number of hydrogen-bond donors (Lipinski definition) is 1. The van der Waals surface area contributed by atoms with Gasteiger partial charge in [0.1, 0.15) is 0 Å². The summed E-state index contributed by atoms with van der Waals surface area (Å²) in [6, 6.07) is 9.71. The van der Waals surface area contributed by atoms with Crippen molar-refractivity contribution in [3.63, 3.8) is 0 Å². The van der Waals surface area contributed by atoms with Gasteiger partial charge in [0, 0.05) is 16.3 Å². The number of Topliss-reactive ketones (excluding diaryl/α,β-unsaturated/α-hetero) is 1. The fraction of sp³-hybridized carbons (Fsp3) is 0.167. The topological polar surface area (TPSA) is 70.0 Å². The van der Waals surface area contributed by atoms with Crippen LogP contribution in [-0.2, 0) is 11.0 Å². The highest BCUT2D eigenvalue weighted by Gasteiger charge is 2.31. The van der Waals surface area contributed by atoms with Crippen molar-refractivity contribution in [2.75, 3.05) is 5.32 Å². The molecule has 1 unspecified atom stereocenters. The lowest BCUT2D eigenvalue weighted by Gasteiger charge is -2.12. The first-order chi connectivity index (χ1) is 12.1. The van der Waals surface area contributed by atoms with Gasteiger partial charge in [0.25, 0.3) is 0 Å². The number of nitrogens with one attached hydrogen (secondary N) is 1. The van der Waals surface area contributed by atoms with Crippen LogP contribution >= 0.6 is 11.6 Å². The van der Waals surface area contributed by atoms with E-state index in [2.05, 4.69) is 5.32 Å². The highest BCUT2D eigenvalue weighted by Crippen LogP contribution is 2.30. The Labute approximate surface area is 152 Å². The van der Waals surface area contributed by atoms with Crippen molar-refractivity contribution in [1.82, 2.24) is 0 Å². The smallest absolute Gasteiger partial charge is 0.325 e. The number of amides is 1. The molecule has 0 fully saturated rings. The van der Waals surface area contributed by atoms with E-state index in [1.807, 2.05) is 0 Å². The van der Waals surface area contributed by atoms with Crippen molar-refractivity contribution < 1.29 is 22.8 Å². The van der Waals surface area contributed by atoms with Crippen LogP contribution in [0.15, 0.2) is 42.5 Å². The summed E-state index contributed by atoms with van der Waals surface area (Å²) >= 11 is 5.81. The van der Waals surface area contributed by atoms with Crippen LogP contribution in [0.2, 0.25) is 5.02 Å². The number of halogens is 4. The summed E-state index contributed by atoms with van der Waals surface area (Å²) in [6.07, 6.45) is -4.50. The molecule has 1 amide bonds. The molecule has 1 N–H and O–H groups in total. The van der Waals surface area contributed by atoms with Crippen LogP contribution in [-0.4, -0.2) is 11.7 Å². The number of alkyl halides is 3. The Hall–Kier alpha value is -2.85. The summed E-state index contributed by atoms with van der Waals surface area (Å²) in [5, 5.41) is 11.9. The zero-order chi connectivity index (χ0) is 19.5. The SMILES string of the molecule is Cc1cc(Cl)ccc1C(=O)C(C#N)C(=O)Nc1ccc(C(F)(F)F)cc1. The van der Waals surface area contributed by atoms with Gasteiger partial charge in [0.15, 0.2) is 11.7 Å². The molecule has 4 nitrogen and oxygen atoms in total. The van der Waals surface area contributed by atoms with E-state index in [4.69, 9.17) is 11.6 Å². The molecule has 0 saturated carbocycles. The van der Waals surface area contributed by atoms with Crippen molar-refractivity contribution >= 4 is 29.0 Å². The average Bonchev–Trinajstić information content (AvgIpc) is 2.55. The number of rotatable bonds is 4. The van der Waals surface area contributed by atoms with Crippen molar-refractivity contribution in [2.45, 2.75) is 13.1 Å². The van der Waals surface area contributed by atoms with Gasteiger partial charge < -0.3 is 5.32 Å². The summed E-state index contributed by atoms with van der Waals surface area (Å²) in [6.45, 7) is 1.61. The molecule has 8 heteroatoms. The molecule has 2 aromatic rings. The normalized spacial score (nSPS) is 12.2.